The van der Waals surface area contributed by atoms with E-state index in [4.69, 9.17) is 4.74 Å². The second-order valence-corrected chi connectivity index (χ2v) is 8.53. The number of hydrogen-bond donors (Lipinski definition) is 1. The second-order valence-electron chi connectivity index (χ2n) is 8.53. The zero-order chi connectivity index (χ0) is 19.5. The van der Waals surface area contributed by atoms with Crippen LogP contribution >= 0.6 is 0 Å². The van der Waals surface area contributed by atoms with Gasteiger partial charge in [0, 0.05) is 19.4 Å². The molecular weight excluding hydrogens is 339 g/mol. The van der Waals surface area contributed by atoms with Crippen LogP contribution in [0.1, 0.15) is 59.8 Å². The van der Waals surface area contributed by atoms with Crippen molar-refractivity contribution in [3.05, 3.63) is 0 Å². The third kappa shape index (κ3) is 5.68. The maximum Gasteiger partial charge on any atom is 0.408 e. The molecule has 6 nitrogen and oxygen atoms in total. The van der Waals surface area contributed by atoms with Gasteiger partial charge in [-0.05, 0) is 51.9 Å². The van der Waals surface area contributed by atoms with Crippen molar-refractivity contribution in [1.82, 2.24) is 10.2 Å². The third-order valence-electron chi connectivity index (χ3n) is 5.24. The first kappa shape index (κ1) is 20.6. The van der Waals surface area contributed by atoms with Gasteiger partial charge in [0.15, 0.2) is 0 Å². The first-order valence-corrected chi connectivity index (χ1v) is 9.51. The van der Waals surface area contributed by atoms with E-state index in [1.807, 2.05) is 6.92 Å². The Labute approximate surface area is 154 Å². The topological polar surface area (TPSA) is 75.7 Å². The number of nitrogens with zero attached hydrogens (tertiary/aromatic N) is 1. The molecule has 2 rings (SSSR count). The fourth-order valence-corrected chi connectivity index (χ4v) is 3.73. The Morgan fingerprint density at radius 1 is 1.23 bits per heavy atom. The Kier molecular flexibility index (Phi) is 6.64. The van der Waals surface area contributed by atoms with Crippen molar-refractivity contribution >= 4 is 17.8 Å². The standard InChI is InChI=1S/C19H31FN2O4/c1-12(13-5-7-15(23)8-6-13)16(21-18(25)26-19(2,3)4)17(24)22-10-9-14(20)11-22/h12-14,16H,5-11H2,1-4H3,(H,21,25)/t12-,14-,16?/m0/s1. The van der Waals surface area contributed by atoms with E-state index in [1.54, 1.807) is 20.8 Å². The molecule has 3 atom stereocenters. The number of carbonyl (C=O) groups is 3. The van der Waals surface area contributed by atoms with E-state index in [2.05, 4.69) is 5.32 Å². The highest BCUT2D eigenvalue weighted by atomic mass is 19.1. The first-order valence-electron chi connectivity index (χ1n) is 9.51. The summed E-state index contributed by atoms with van der Waals surface area (Å²) < 4.78 is 18.8. The Balaban J connectivity index is 2.10. The van der Waals surface area contributed by atoms with Gasteiger partial charge in [-0.25, -0.2) is 9.18 Å². The van der Waals surface area contributed by atoms with Gasteiger partial charge in [0.1, 0.15) is 23.6 Å². The number of ketones is 1. The molecule has 2 fully saturated rings. The van der Waals surface area contributed by atoms with Crippen LogP contribution in [0.5, 0.6) is 0 Å². The summed E-state index contributed by atoms with van der Waals surface area (Å²) in [6, 6.07) is -0.770. The fraction of sp³-hybridized carbons (Fsp3) is 0.842. The van der Waals surface area contributed by atoms with Gasteiger partial charge in [-0.3, -0.25) is 9.59 Å². The molecule has 1 heterocycles. The molecule has 0 aromatic rings. The normalized spacial score (nSPS) is 24.3. The van der Waals surface area contributed by atoms with Crippen LogP contribution in [0, 0.1) is 11.8 Å². The van der Waals surface area contributed by atoms with Crippen molar-refractivity contribution in [2.24, 2.45) is 11.8 Å². The van der Waals surface area contributed by atoms with E-state index in [9.17, 15) is 18.8 Å². The van der Waals surface area contributed by atoms with Crippen LogP contribution in [0.15, 0.2) is 0 Å². The summed E-state index contributed by atoms with van der Waals surface area (Å²) in [5.41, 5.74) is -0.671. The van der Waals surface area contributed by atoms with Gasteiger partial charge in [-0.2, -0.15) is 0 Å². The lowest BCUT2D eigenvalue weighted by Gasteiger charge is -2.35. The number of carbonyl (C=O) groups excluding carboxylic acids is 3. The van der Waals surface area contributed by atoms with E-state index in [1.165, 1.54) is 4.90 Å². The van der Waals surface area contributed by atoms with Gasteiger partial charge >= 0.3 is 6.09 Å². The quantitative estimate of drug-likeness (QED) is 0.826. The van der Waals surface area contributed by atoms with Crippen LogP contribution < -0.4 is 5.32 Å². The van der Waals surface area contributed by atoms with Crippen molar-refractivity contribution in [1.29, 1.82) is 0 Å². The van der Waals surface area contributed by atoms with Gasteiger partial charge in [-0.15, -0.1) is 0 Å². The fourth-order valence-electron chi connectivity index (χ4n) is 3.73. The largest absolute Gasteiger partial charge is 0.444 e. The molecule has 7 heteroatoms. The SMILES string of the molecule is C[C@@H](C1CCC(=O)CC1)C(NC(=O)OC(C)(C)C)C(=O)N1CC[C@H](F)C1. The van der Waals surface area contributed by atoms with E-state index < -0.39 is 23.9 Å². The Morgan fingerprint density at radius 2 is 1.85 bits per heavy atom. The maximum absolute atomic E-state index is 13.5. The molecule has 0 aromatic carbocycles. The monoisotopic (exact) mass is 370 g/mol. The lowest BCUT2D eigenvalue weighted by Crippen LogP contribution is -2.53. The smallest absolute Gasteiger partial charge is 0.408 e. The van der Waals surface area contributed by atoms with Gasteiger partial charge in [-0.1, -0.05) is 6.92 Å². The minimum Gasteiger partial charge on any atom is -0.444 e. The minimum absolute atomic E-state index is 0.0706. The maximum atomic E-state index is 13.5. The number of Topliss-reactive ketones (excluding diaryl/α,β-unsaturated/α-hetero) is 1. The molecule has 0 bridgehead atoms. The van der Waals surface area contributed by atoms with Crippen LogP contribution in [0.2, 0.25) is 0 Å². The van der Waals surface area contributed by atoms with Crippen molar-refractivity contribution in [3.63, 3.8) is 0 Å². The molecule has 1 N–H and O–H groups in total. The van der Waals surface area contributed by atoms with Crippen molar-refractivity contribution < 1.29 is 23.5 Å². The number of halogens is 1. The van der Waals surface area contributed by atoms with Crippen LogP contribution in [0.25, 0.3) is 0 Å². The molecular formula is C19H31FN2O4. The second kappa shape index (κ2) is 8.35. The number of likely N-dealkylation sites (tertiary alicyclic amines) is 1. The third-order valence-corrected chi connectivity index (χ3v) is 5.24. The molecule has 1 aliphatic carbocycles. The van der Waals surface area contributed by atoms with Gasteiger partial charge in [0.25, 0.3) is 0 Å². The van der Waals surface area contributed by atoms with E-state index in [0.717, 1.165) is 0 Å². The number of ether oxygens (including phenoxy) is 1. The summed E-state index contributed by atoms with van der Waals surface area (Å²) >= 11 is 0. The van der Waals surface area contributed by atoms with E-state index >= 15 is 0 Å². The molecule has 1 saturated heterocycles. The molecule has 2 amide bonds. The molecule has 1 aliphatic heterocycles. The van der Waals surface area contributed by atoms with Crippen LogP contribution in [0.4, 0.5) is 9.18 Å². The number of nitrogens with one attached hydrogen (secondary N) is 1. The number of amides is 2. The van der Waals surface area contributed by atoms with Gasteiger partial charge < -0.3 is 15.0 Å². The zero-order valence-electron chi connectivity index (χ0n) is 16.2. The summed E-state index contributed by atoms with van der Waals surface area (Å²) in [5.74, 6) is -0.00112. The highest BCUT2D eigenvalue weighted by molar-refractivity contribution is 5.86. The number of rotatable bonds is 4. The number of alkyl carbamates (subject to hydrolysis) is 1. The molecule has 26 heavy (non-hydrogen) atoms. The summed E-state index contributed by atoms with van der Waals surface area (Å²) in [7, 11) is 0. The van der Waals surface area contributed by atoms with Crippen LogP contribution in [-0.4, -0.2) is 53.6 Å². The Morgan fingerprint density at radius 3 is 2.35 bits per heavy atom. The number of alkyl halides is 1. The molecule has 1 saturated carbocycles. The van der Waals surface area contributed by atoms with Crippen molar-refractivity contribution in [2.75, 3.05) is 13.1 Å². The molecule has 1 unspecified atom stereocenters. The van der Waals surface area contributed by atoms with Crippen LogP contribution in [0.3, 0.4) is 0 Å². The minimum atomic E-state index is -1.01. The lowest BCUT2D eigenvalue weighted by atomic mass is 9.77. The predicted molar refractivity (Wildman–Crippen MR) is 95.4 cm³/mol. The van der Waals surface area contributed by atoms with Gasteiger partial charge in [0.2, 0.25) is 5.91 Å². The van der Waals surface area contributed by atoms with E-state index in [-0.39, 0.29) is 30.1 Å². The number of hydrogen-bond acceptors (Lipinski definition) is 4. The lowest BCUT2D eigenvalue weighted by molar-refractivity contribution is -0.134. The first-order chi connectivity index (χ1) is 12.1. The molecule has 2 aliphatic rings. The average molecular weight is 370 g/mol. The molecule has 148 valence electrons. The Bertz CT molecular complexity index is 536. The summed E-state index contributed by atoms with van der Waals surface area (Å²) in [5, 5.41) is 2.71. The van der Waals surface area contributed by atoms with Crippen molar-refractivity contribution in [2.45, 2.75) is 77.6 Å². The predicted octanol–water partition coefficient (Wildman–Crippen LogP) is 2.85. The molecule has 0 aromatic heterocycles. The summed E-state index contributed by atoms with van der Waals surface area (Å²) in [4.78, 5) is 38.2. The average Bonchev–Trinajstić information content (AvgIpc) is 2.97. The molecule has 0 spiro atoms. The molecule has 0 radical (unpaired) electrons. The van der Waals surface area contributed by atoms with Crippen molar-refractivity contribution in [3.8, 4) is 0 Å². The van der Waals surface area contributed by atoms with E-state index in [0.29, 0.717) is 38.6 Å². The zero-order valence-corrected chi connectivity index (χ0v) is 16.2. The Hall–Kier alpha value is -1.66. The highest BCUT2D eigenvalue weighted by Gasteiger charge is 2.39. The van der Waals surface area contributed by atoms with Gasteiger partial charge in [0.05, 0.1) is 6.54 Å². The van der Waals surface area contributed by atoms with Crippen LogP contribution in [-0.2, 0) is 14.3 Å². The summed E-state index contributed by atoms with van der Waals surface area (Å²) in [6.45, 7) is 7.63. The highest BCUT2D eigenvalue weighted by Crippen LogP contribution is 2.31. The summed E-state index contributed by atoms with van der Waals surface area (Å²) in [6.07, 6.45) is 1.13.